The third-order valence-electron chi connectivity index (χ3n) is 3.42. The lowest BCUT2D eigenvalue weighted by Crippen LogP contribution is -2.47. The smallest absolute Gasteiger partial charge is 0.0787 e. The van der Waals surface area contributed by atoms with E-state index in [1.807, 2.05) is 11.8 Å². The van der Waals surface area contributed by atoms with E-state index in [0.29, 0.717) is 12.6 Å². The van der Waals surface area contributed by atoms with Crippen LogP contribution in [0, 0.1) is 0 Å². The minimum absolute atomic E-state index is 0.388. The minimum atomic E-state index is -0.483. The molecular weight excluding hydrogens is 234 g/mol. The highest BCUT2D eigenvalue weighted by Gasteiger charge is 2.29. The van der Waals surface area contributed by atoms with E-state index in [-0.39, 0.29) is 0 Å². The Morgan fingerprint density at radius 1 is 1.41 bits per heavy atom. The first-order valence-electron chi connectivity index (χ1n) is 6.72. The van der Waals surface area contributed by atoms with Gasteiger partial charge in [0.05, 0.1) is 12.2 Å². The lowest BCUT2D eigenvalue weighted by atomic mass is 9.96. The van der Waals surface area contributed by atoms with Gasteiger partial charge in [-0.3, -0.25) is 0 Å². The molecule has 102 valence electrons. The van der Waals surface area contributed by atoms with Gasteiger partial charge in [0.25, 0.3) is 0 Å². The quantitative estimate of drug-likeness (QED) is 0.701. The van der Waals surface area contributed by atoms with E-state index >= 15 is 0 Å². The molecule has 1 atom stereocenters. The summed E-state index contributed by atoms with van der Waals surface area (Å²) < 4.78 is 5.23. The van der Waals surface area contributed by atoms with Crippen LogP contribution in [0.1, 0.15) is 39.0 Å². The van der Waals surface area contributed by atoms with Gasteiger partial charge in [-0.2, -0.15) is 11.8 Å². The molecule has 4 heteroatoms. The number of ether oxygens (including phenoxy) is 1. The van der Waals surface area contributed by atoms with Crippen molar-refractivity contribution in [1.29, 1.82) is 0 Å². The van der Waals surface area contributed by atoms with Crippen LogP contribution in [0.25, 0.3) is 0 Å². The first kappa shape index (κ1) is 15.3. The van der Waals surface area contributed by atoms with Crippen LogP contribution in [-0.4, -0.2) is 48.5 Å². The van der Waals surface area contributed by atoms with Gasteiger partial charge in [0.1, 0.15) is 0 Å². The molecule has 1 aliphatic heterocycles. The Hall–Kier alpha value is 0.230. The molecule has 0 bridgehead atoms. The van der Waals surface area contributed by atoms with Crippen molar-refractivity contribution in [2.45, 2.75) is 50.7 Å². The van der Waals surface area contributed by atoms with Crippen molar-refractivity contribution in [3.63, 3.8) is 0 Å². The lowest BCUT2D eigenvalue weighted by molar-refractivity contribution is 0.0256. The van der Waals surface area contributed by atoms with Crippen LogP contribution < -0.4 is 5.32 Å². The molecule has 2 N–H and O–H groups in total. The highest BCUT2D eigenvalue weighted by molar-refractivity contribution is 7.99. The molecule has 0 aromatic heterocycles. The van der Waals surface area contributed by atoms with Crippen LogP contribution in [0.2, 0.25) is 0 Å². The normalized spacial score (nSPS) is 21.4. The summed E-state index contributed by atoms with van der Waals surface area (Å²) in [6.45, 7) is 3.66. The van der Waals surface area contributed by atoms with Gasteiger partial charge in [-0.1, -0.05) is 19.8 Å². The topological polar surface area (TPSA) is 41.5 Å². The molecule has 0 aromatic rings. The van der Waals surface area contributed by atoms with E-state index in [0.717, 1.165) is 37.4 Å². The fraction of sp³-hybridized carbons (Fsp3) is 1.00. The summed E-state index contributed by atoms with van der Waals surface area (Å²) in [5, 5.41) is 13.9. The average molecular weight is 261 g/mol. The molecule has 0 saturated carbocycles. The molecule has 0 aliphatic carbocycles. The zero-order chi connectivity index (χ0) is 12.6. The average Bonchev–Trinajstić information content (AvgIpc) is 2.34. The first-order chi connectivity index (χ1) is 8.20. The maximum absolute atomic E-state index is 10.4. The number of nitrogens with one attached hydrogen (secondary N) is 1. The molecule has 3 nitrogen and oxygen atoms in total. The molecule has 17 heavy (non-hydrogen) atoms. The monoisotopic (exact) mass is 261 g/mol. The molecule has 0 radical (unpaired) electrons. The van der Waals surface area contributed by atoms with Gasteiger partial charge in [-0.25, -0.2) is 0 Å². The Morgan fingerprint density at radius 3 is 2.71 bits per heavy atom. The summed E-state index contributed by atoms with van der Waals surface area (Å²) >= 11 is 1.94. The van der Waals surface area contributed by atoms with E-state index in [1.54, 1.807) is 7.11 Å². The number of unbranched alkanes of at least 4 members (excludes halogenated alkanes) is 1. The fourth-order valence-electron chi connectivity index (χ4n) is 2.16. The van der Waals surface area contributed by atoms with Crippen molar-refractivity contribution in [1.82, 2.24) is 5.32 Å². The van der Waals surface area contributed by atoms with Crippen molar-refractivity contribution in [3.8, 4) is 0 Å². The summed E-state index contributed by atoms with van der Waals surface area (Å²) in [6.07, 6.45) is 5.39. The van der Waals surface area contributed by atoms with Crippen LogP contribution in [-0.2, 0) is 4.74 Å². The van der Waals surface area contributed by atoms with Gasteiger partial charge in [0.15, 0.2) is 0 Å². The highest BCUT2D eigenvalue weighted by Crippen LogP contribution is 2.26. The maximum atomic E-state index is 10.4. The Morgan fingerprint density at radius 2 is 2.12 bits per heavy atom. The maximum Gasteiger partial charge on any atom is 0.0787 e. The first-order valence-corrected chi connectivity index (χ1v) is 7.88. The molecule has 0 aromatic carbocycles. The zero-order valence-electron chi connectivity index (χ0n) is 11.2. The van der Waals surface area contributed by atoms with Crippen molar-refractivity contribution in [2.75, 3.05) is 31.8 Å². The van der Waals surface area contributed by atoms with E-state index in [1.165, 1.54) is 12.8 Å². The van der Waals surface area contributed by atoms with E-state index < -0.39 is 5.60 Å². The molecular formula is C13H27NO2S. The van der Waals surface area contributed by atoms with Gasteiger partial charge in [0.2, 0.25) is 0 Å². The van der Waals surface area contributed by atoms with Crippen molar-refractivity contribution in [2.24, 2.45) is 0 Å². The minimum Gasteiger partial charge on any atom is -0.389 e. The standard InChI is InChI=1S/C13H27NO2S/c1-3-4-5-12(10-16-2)14-11-13(15)6-8-17-9-7-13/h12,14-15H,3-11H2,1-2H3. The lowest BCUT2D eigenvalue weighted by Gasteiger charge is -2.33. The molecule has 0 spiro atoms. The Labute approximate surface area is 110 Å². The second-order valence-corrected chi connectivity index (χ2v) is 6.24. The molecule has 1 heterocycles. The van der Waals surface area contributed by atoms with E-state index in [4.69, 9.17) is 4.74 Å². The summed E-state index contributed by atoms with van der Waals surface area (Å²) in [5.74, 6) is 2.17. The molecule has 1 fully saturated rings. The number of hydrogen-bond acceptors (Lipinski definition) is 4. The SMILES string of the molecule is CCCCC(COC)NCC1(O)CCSCC1. The molecule has 0 amide bonds. The van der Waals surface area contributed by atoms with Gasteiger partial charge in [-0.05, 0) is 30.8 Å². The second-order valence-electron chi connectivity index (χ2n) is 5.01. The number of hydrogen-bond donors (Lipinski definition) is 2. The van der Waals surface area contributed by atoms with Gasteiger partial charge in [-0.15, -0.1) is 0 Å². The van der Waals surface area contributed by atoms with Gasteiger partial charge < -0.3 is 15.2 Å². The summed E-state index contributed by atoms with van der Waals surface area (Å²) in [7, 11) is 1.74. The molecule has 1 saturated heterocycles. The summed E-state index contributed by atoms with van der Waals surface area (Å²) in [5.41, 5.74) is -0.483. The third kappa shape index (κ3) is 6.09. The van der Waals surface area contributed by atoms with Crippen LogP contribution in [0.5, 0.6) is 0 Å². The molecule has 1 rings (SSSR count). The Balaban J connectivity index is 2.28. The Bertz CT molecular complexity index is 196. The van der Waals surface area contributed by atoms with E-state index in [2.05, 4.69) is 12.2 Å². The van der Waals surface area contributed by atoms with Gasteiger partial charge >= 0.3 is 0 Å². The highest BCUT2D eigenvalue weighted by atomic mass is 32.2. The zero-order valence-corrected chi connectivity index (χ0v) is 12.0. The number of aliphatic hydroxyl groups is 1. The number of methoxy groups -OCH3 is 1. The van der Waals surface area contributed by atoms with Crippen molar-refractivity contribution >= 4 is 11.8 Å². The predicted octanol–water partition coefficient (Wildman–Crippen LogP) is 2.04. The van der Waals surface area contributed by atoms with Crippen molar-refractivity contribution < 1.29 is 9.84 Å². The van der Waals surface area contributed by atoms with Crippen LogP contribution in [0.3, 0.4) is 0 Å². The van der Waals surface area contributed by atoms with Crippen LogP contribution >= 0.6 is 11.8 Å². The number of rotatable bonds is 8. The van der Waals surface area contributed by atoms with Crippen LogP contribution in [0.15, 0.2) is 0 Å². The number of thioether (sulfide) groups is 1. The van der Waals surface area contributed by atoms with E-state index in [9.17, 15) is 5.11 Å². The molecule has 1 aliphatic rings. The molecule has 1 unspecified atom stereocenters. The summed E-state index contributed by atoms with van der Waals surface area (Å²) in [6, 6.07) is 0.388. The van der Waals surface area contributed by atoms with Crippen LogP contribution in [0.4, 0.5) is 0 Å². The summed E-state index contributed by atoms with van der Waals surface area (Å²) in [4.78, 5) is 0. The third-order valence-corrected chi connectivity index (χ3v) is 4.40. The largest absolute Gasteiger partial charge is 0.389 e. The predicted molar refractivity (Wildman–Crippen MR) is 74.7 cm³/mol. The Kier molecular flexibility index (Phi) is 7.51. The second kappa shape index (κ2) is 8.35. The van der Waals surface area contributed by atoms with Gasteiger partial charge in [0, 0.05) is 19.7 Å². The fourth-order valence-corrected chi connectivity index (χ4v) is 3.41. The van der Waals surface area contributed by atoms with Crippen molar-refractivity contribution in [3.05, 3.63) is 0 Å².